The average molecular weight is 424 g/mol. The van der Waals surface area contributed by atoms with E-state index in [0.717, 1.165) is 5.56 Å². The van der Waals surface area contributed by atoms with E-state index < -0.39 is 10.0 Å². The lowest BCUT2D eigenvalue weighted by atomic mass is 10.0. The number of rotatable bonds is 10. The van der Waals surface area contributed by atoms with Crippen molar-refractivity contribution >= 4 is 33.4 Å². The van der Waals surface area contributed by atoms with Crippen LogP contribution in [-0.4, -0.2) is 33.3 Å². The normalized spacial score (nSPS) is 11.2. The van der Waals surface area contributed by atoms with Gasteiger partial charge >= 0.3 is 5.97 Å². The average Bonchev–Trinajstić information content (AvgIpc) is 2.67. The smallest absolute Gasteiger partial charge is 0.306 e. The van der Waals surface area contributed by atoms with Crippen LogP contribution in [0, 0.1) is 0 Å². The molecule has 2 aromatic rings. The fourth-order valence-corrected chi connectivity index (χ4v) is 3.64. The highest BCUT2D eigenvalue weighted by Crippen LogP contribution is 2.14. The summed E-state index contributed by atoms with van der Waals surface area (Å²) >= 11 is 5.77. The van der Waals surface area contributed by atoms with E-state index in [9.17, 15) is 18.0 Å². The van der Waals surface area contributed by atoms with Crippen LogP contribution in [0.3, 0.4) is 0 Å². The van der Waals surface area contributed by atoms with Gasteiger partial charge in [0.15, 0.2) is 5.78 Å². The number of ether oxygens (including phenoxy) is 1. The van der Waals surface area contributed by atoms with E-state index in [1.165, 1.54) is 24.3 Å². The minimum absolute atomic E-state index is 0.0565. The van der Waals surface area contributed by atoms with Crippen LogP contribution in [0.5, 0.6) is 0 Å². The van der Waals surface area contributed by atoms with Crippen molar-refractivity contribution in [2.75, 3.05) is 13.2 Å². The van der Waals surface area contributed by atoms with Gasteiger partial charge in [-0.3, -0.25) is 9.59 Å². The van der Waals surface area contributed by atoms with Gasteiger partial charge in [-0.1, -0.05) is 35.9 Å². The van der Waals surface area contributed by atoms with Crippen molar-refractivity contribution in [2.24, 2.45) is 0 Å². The number of esters is 1. The Morgan fingerprint density at radius 1 is 1.00 bits per heavy atom. The van der Waals surface area contributed by atoms with Crippen LogP contribution >= 0.6 is 11.6 Å². The fourth-order valence-electron chi connectivity index (χ4n) is 2.48. The number of halogens is 1. The van der Waals surface area contributed by atoms with E-state index in [1.807, 2.05) is 0 Å². The van der Waals surface area contributed by atoms with E-state index in [1.54, 1.807) is 31.2 Å². The second-order valence-electron chi connectivity index (χ2n) is 6.03. The molecule has 0 heterocycles. The molecule has 0 aliphatic rings. The predicted octanol–water partition coefficient (Wildman–Crippen LogP) is 3.39. The third-order valence-electron chi connectivity index (χ3n) is 3.97. The summed E-state index contributed by atoms with van der Waals surface area (Å²) in [7, 11) is -3.60. The van der Waals surface area contributed by atoms with Gasteiger partial charge in [0.25, 0.3) is 0 Å². The van der Waals surface area contributed by atoms with Crippen molar-refractivity contribution in [2.45, 2.75) is 31.1 Å². The van der Waals surface area contributed by atoms with E-state index in [4.69, 9.17) is 16.3 Å². The first-order valence-electron chi connectivity index (χ1n) is 8.85. The summed E-state index contributed by atoms with van der Waals surface area (Å²) < 4.78 is 31.8. The highest BCUT2D eigenvalue weighted by atomic mass is 35.5. The number of benzene rings is 2. The molecule has 0 aliphatic carbocycles. The molecule has 0 saturated carbocycles. The lowest BCUT2D eigenvalue weighted by Gasteiger charge is -2.08. The minimum atomic E-state index is -3.60. The molecule has 0 radical (unpaired) electrons. The maximum Gasteiger partial charge on any atom is 0.306 e. The second-order valence-corrected chi connectivity index (χ2v) is 8.23. The van der Waals surface area contributed by atoms with Gasteiger partial charge in [-0.2, -0.15) is 0 Å². The number of ketones is 1. The number of nitrogens with one attached hydrogen (secondary N) is 1. The Labute approximate surface area is 169 Å². The molecule has 2 aromatic carbocycles. The molecule has 1 N–H and O–H groups in total. The molecule has 0 saturated heterocycles. The van der Waals surface area contributed by atoms with Crippen molar-refractivity contribution in [3.05, 3.63) is 64.7 Å². The first-order valence-corrected chi connectivity index (χ1v) is 10.7. The molecule has 0 spiro atoms. The Hall–Kier alpha value is -2.22. The Morgan fingerprint density at radius 2 is 1.64 bits per heavy atom. The molecular formula is C20H22ClNO5S. The first kappa shape index (κ1) is 22.1. The maximum atomic E-state index is 12.2. The summed E-state index contributed by atoms with van der Waals surface area (Å²) in [6.07, 6.45) is 0.629. The summed E-state index contributed by atoms with van der Waals surface area (Å²) in [5, 5.41) is 0.468. The topological polar surface area (TPSA) is 89.5 Å². The van der Waals surface area contributed by atoms with E-state index in [-0.39, 0.29) is 36.0 Å². The van der Waals surface area contributed by atoms with Crippen LogP contribution in [0.2, 0.25) is 5.02 Å². The molecule has 6 nitrogen and oxygen atoms in total. The van der Waals surface area contributed by atoms with Gasteiger partial charge in [0.1, 0.15) is 0 Å². The molecule has 0 amide bonds. The number of sulfonamides is 1. The number of carbonyl (C=O) groups excluding carboxylic acids is 2. The predicted molar refractivity (Wildman–Crippen MR) is 107 cm³/mol. The SMILES string of the molecule is CCOC(=O)CCC(=O)c1ccc(CCNS(=O)(=O)c2ccc(Cl)cc2)cc1. The van der Waals surface area contributed by atoms with Crippen LogP contribution in [0.15, 0.2) is 53.4 Å². The molecule has 150 valence electrons. The Bertz CT molecular complexity index is 909. The molecule has 8 heteroatoms. The quantitative estimate of drug-likeness (QED) is 0.467. The van der Waals surface area contributed by atoms with Crippen molar-refractivity contribution in [3.63, 3.8) is 0 Å². The van der Waals surface area contributed by atoms with Crippen LogP contribution in [0.1, 0.15) is 35.7 Å². The summed E-state index contributed by atoms with van der Waals surface area (Å²) in [5.41, 5.74) is 1.40. The van der Waals surface area contributed by atoms with Crippen LogP contribution in [0.4, 0.5) is 0 Å². The van der Waals surface area contributed by atoms with Gasteiger partial charge in [-0.15, -0.1) is 0 Å². The summed E-state index contributed by atoms with van der Waals surface area (Å²) in [5.74, 6) is -0.525. The van der Waals surface area contributed by atoms with Crippen molar-refractivity contribution in [3.8, 4) is 0 Å². The van der Waals surface area contributed by atoms with Crippen molar-refractivity contribution in [1.29, 1.82) is 0 Å². The molecule has 0 atom stereocenters. The zero-order valence-electron chi connectivity index (χ0n) is 15.5. The third-order valence-corrected chi connectivity index (χ3v) is 5.70. The highest BCUT2D eigenvalue weighted by Gasteiger charge is 2.13. The number of Topliss-reactive ketones (excluding diaryl/α,β-unsaturated/α-hetero) is 1. The second kappa shape index (κ2) is 10.4. The van der Waals surface area contributed by atoms with Crippen molar-refractivity contribution in [1.82, 2.24) is 4.72 Å². The van der Waals surface area contributed by atoms with Gasteiger partial charge < -0.3 is 4.74 Å². The molecule has 0 bridgehead atoms. The number of hydrogen-bond donors (Lipinski definition) is 1. The summed E-state index contributed by atoms with van der Waals surface area (Å²) in [6, 6.07) is 12.8. The zero-order valence-corrected chi connectivity index (χ0v) is 17.1. The molecule has 0 aromatic heterocycles. The monoisotopic (exact) mass is 423 g/mol. The summed E-state index contributed by atoms with van der Waals surface area (Å²) in [4.78, 5) is 23.5. The largest absolute Gasteiger partial charge is 0.466 e. The lowest BCUT2D eigenvalue weighted by Crippen LogP contribution is -2.25. The van der Waals surface area contributed by atoms with Gasteiger partial charge in [0.05, 0.1) is 17.9 Å². The summed E-state index contributed by atoms with van der Waals surface area (Å²) in [6.45, 7) is 2.23. The number of hydrogen-bond acceptors (Lipinski definition) is 5. The van der Waals surface area contributed by atoms with E-state index in [2.05, 4.69) is 4.72 Å². The highest BCUT2D eigenvalue weighted by molar-refractivity contribution is 7.89. The van der Waals surface area contributed by atoms with Crippen LogP contribution < -0.4 is 4.72 Å². The van der Waals surface area contributed by atoms with Gasteiger partial charge in [-0.05, 0) is 43.2 Å². The van der Waals surface area contributed by atoms with Crippen molar-refractivity contribution < 1.29 is 22.7 Å². The Kier molecular flexibility index (Phi) is 8.17. The Balaban J connectivity index is 1.84. The van der Waals surface area contributed by atoms with Gasteiger partial charge in [-0.25, -0.2) is 13.1 Å². The lowest BCUT2D eigenvalue weighted by molar-refractivity contribution is -0.143. The Morgan fingerprint density at radius 3 is 2.25 bits per heavy atom. The van der Waals surface area contributed by atoms with Crippen LogP contribution in [0.25, 0.3) is 0 Å². The van der Waals surface area contributed by atoms with Gasteiger partial charge in [0.2, 0.25) is 10.0 Å². The first-order chi connectivity index (χ1) is 13.3. The maximum absolute atomic E-state index is 12.2. The van der Waals surface area contributed by atoms with Gasteiger partial charge in [0, 0.05) is 23.6 Å². The molecule has 28 heavy (non-hydrogen) atoms. The van der Waals surface area contributed by atoms with E-state index >= 15 is 0 Å². The molecule has 0 aliphatic heterocycles. The van der Waals surface area contributed by atoms with E-state index in [0.29, 0.717) is 23.6 Å². The fraction of sp³-hybridized carbons (Fsp3) is 0.300. The molecular weight excluding hydrogens is 402 g/mol. The number of carbonyl (C=O) groups is 2. The molecule has 2 rings (SSSR count). The standard InChI is InChI=1S/C20H22ClNO5S/c1-2-27-20(24)12-11-19(23)16-5-3-15(4-6-16)13-14-22-28(25,26)18-9-7-17(21)8-10-18/h3-10,22H,2,11-14H2,1H3. The zero-order chi connectivity index (χ0) is 20.6. The molecule has 0 fully saturated rings. The third kappa shape index (κ3) is 6.74. The molecule has 0 unspecified atom stereocenters. The minimum Gasteiger partial charge on any atom is -0.466 e. The van der Waals surface area contributed by atoms with Crippen LogP contribution in [-0.2, 0) is 26.0 Å².